The van der Waals surface area contributed by atoms with E-state index in [0.717, 1.165) is 25.6 Å². The number of alkyl halides is 3. The summed E-state index contributed by atoms with van der Waals surface area (Å²) in [6.45, 7) is 1.60. The summed E-state index contributed by atoms with van der Waals surface area (Å²) in [6, 6.07) is 3.22. The number of nitrogens with one attached hydrogen (secondary N) is 4. The molecule has 12 heteroatoms. The summed E-state index contributed by atoms with van der Waals surface area (Å²) in [7, 11) is 1.23. The molecule has 0 bridgehead atoms. The molecule has 1 amide bonds. The molecule has 1 aromatic carbocycles. The lowest BCUT2D eigenvalue weighted by molar-refractivity contribution is -0.137. The maximum absolute atomic E-state index is 13.8. The van der Waals surface area contributed by atoms with Crippen molar-refractivity contribution in [1.29, 1.82) is 0 Å². The van der Waals surface area contributed by atoms with E-state index < -0.39 is 17.8 Å². The van der Waals surface area contributed by atoms with E-state index in [1.54, 1.807) is 12.1 Å². The zero-order valence-corrected chi connectivity index (χ0v) is 18.5. The third-order valence-electron chi connectivity index (χ3n) is 5.19. The Kier molecular flexibility index (Phi) is 6.24. The molecule has 0 spiro atoms. The zero-order chi connectivity index (χ0) is 22.9. The molecule has 4 rings (SSSR count). The average Bonchev–Trinajstić information content (AvgIpc) is 3.20. The van der Waals surface area contributed by atoms with Crippen LogP contribution in [-0.4, -0.2) is 47.3 Å². The topological polar surface area (TPSA) is 104 Å². The highest BCUT2D eigenvalue weighted by atomic mass is 79.9. The quantitative estimate of drug-likeness (QED) is 0.402. The van der Waals surface area contributed by atoms with Gasteiger partial charge in [-0.1, -0.05) is 6.07 Å². The van der Waals surface area contributed by atoms with Gasteiger partial charge in [0.25, 0.3) is 0 Å². The van der Waals surface area contributed by atoms with Gasteiger partial charge in [0, 0.05) is 35.9 Å². The highest BCUT2D eigenvalue weighted by Crippen LogP contribution is 2.41. The van der Waals surface area contributed by atoms with Crippen molar-refractivity contribution in [3.05, 3.63) is 34.6 Å². The number of amides is 1. The Bertz CT molecular complexity index is 1140. The highest BCUT2D eigenvalue weighted by molar-refractivity contribution is 9.10. The first-order valence-electron chi connectivity index (χ1n) is 9.84. The van der Waals surface area contributed by atoms with Crippen molar-refractivity contribution in [2.24, 2.45) is 0 Å². The van der Waals surface area contributed by atoms with E-state index in [9.17, 15) is 18.0 Å². The second-order valence-electron chi connectivity index (χ2n) is 7.31. The Morgan fingerprint density at radius 2 is 2.16 bits per heavy atom. The highest BCUT2D eigenvalue weighted by Gasteiger charge is 2.36. The van der Waals surface area contributed by atoms with Gasteiger partial charge >= 0.3 is 12.3 Å². The molecule has 170 valence electrons. The lowest BCUT2D eigenvalue weighted by Crippen LogP contribution is -2.38. The molecule has 1 saturated heterocycles. The first kappa shape index (κ1) is 22.3. The van der Waals surface area contributed by atoms with Gasteiger partial charge in [0.2, 0.25) is 5.95 Å². The third kappa shape index (κ3) is 4.51. The van der Waals surface area contributed by atoms with Crippen molar-refractivity contribution in [3.63, 3.8) is 0 Å². The number of aromatic nitrogens is 3. The first-order valence-corrected chi connectivity index (χ1v) is 10.6. The molecular weight excluding hydrogens is 493 g/mol. The number of halogens is 4. The molecule has 3 heterocycles. The first-order chi connectivity index (χ1) is 15.3. The SMILES string of the molecule is COC(=O)Nc1ccc2c(-c3nc(N[C@H]4CCCNC4)ncc3C(F)(F)F)c[nH]c2c1Br. The molecule has 4 N–H and O–H groups in total. The molecule has 2 aromatic heterocycles. The van der Waals surface area contributed by atoms with Crippen molar-refractivity contribution in [1.82, 2.24) is 20.3 Å². The number of methoxy groups -OCH3 is 1. The maximum Gasteiger partial charge on any atom is 0.419 e. The van der Waals surface area contributed by atoms with Gasteiger partial charge in [-0.3, -0.25) is 5.32 Å². The predicted octanol–water partition coefficient (Wildman–Crippen LogP) is 4.75. The predicted molar refractivity (Wildman–Crippen MR) is 118 cm³/mol. The van der Waals surface area contributed by atoms with E-state index in [1.165, 1.54) is 13.3 Å². The van der Waals surface area contributed by atoms with Crippen molar-refractivity contribution < 1.29 is 22.7 Å². The molecule has 1 fully saturated rings. The number of nitrogens with zero attached hydrogens (tertiary/aromatic N) is 2. The number of anilines is 2. The Labute approximate surface area is 189 Å². The van der Waals surface area contributed by atoms with Crippen LogP contribution in [0, 0.1) is 0 Å². The minimum Gasteiger partial charge on any atom is -0.453 e. The summed E-state index contributed by atoms with van der Waals surface area (Å²) in [4.78, 5) is 22.7. The second kappa shape index (κ2) is 8.94. The molecule has 32 heavy (non-hydrogen) atoms. The Hall–Kier alpha value is -2.86. The van der Waals surface area contributed by atoms with Gasteiger partial charge in [-0.15, -0.1) is 0 Å². The van der Waals surface area contributed by atoms with Gasteiger partial charge in [-0.05, 0) is 41.4 Å². The van der Waals surface area contributed by atoms with Crippen LogP contribution in [0.25, 0.3) is 22.2 Å². The van der Waals surface area contributed by atoms with Crippen LogP contribution in [-0.2, 0) is 10.9 Å². The number of carbonyl (C=O) groups is 1. The van der Waals surface area contributed by atoms with Crippen LogP contribution in [0.1, 0.15) is 18.4 Å². The number of hydrogen-bond donors (Lipinski definition) is 4. The van der Waals surface area contributed by atoms with Gasteiger partial charge in [0.05, 0.1) is 28.5 Å². The average molecular weight is 513 g/mol. The van der Waals surface area contributed by atoms with Crippen LogP contribution in [0.5, 0.6) is 0 Å². The van der Waals surface area contributed by atoms with Crippen molar-refractivity contribution in [2.45, 2.75) is 25.1 Å². The summed E-state index contributed by atoms with van der Waals surface area (Å²) in [5.74, 6) is 0.138. The summed E-state index contributed by atoms with van der Waals surface area (Å²) in [6.07, 6.45) is -1.19. The smallest absolute Gasteiger partial charge is 0.419 e. The van der Waals surface area contributed by atoms with Crippen LogP contribution in [0.2, 0.25) is 0 Å². The molecule has 8 nitrogen and oxygen atoms in total. The fourth-order valence-corrected chi connectivity index (χ4v) is 4.20. The van der Waals surface area contributed by atoms with Crippen molar-refractivity contribution in [3.8, 4) is 11.3 Å². The van der Waals surface area contributed by atoms with Gasteiger partial charge in [0.1, 0.15) is 5.56 Å². The summed E-state index contributed by atoms with van der Waals surface area (Å²) >= 11 is 3.39. The standard InChI is InChI=1S/C20H20BrF3N6O2/c1-32-19(31)29-14-5-4-11-12(8-26-17(11)15(14)21)16-13(20(22,23)24)9-27-18(30-16)28-10-3-2-6-25-7-10/h4-5,8-10,25-26H,2-3,6-7H2,1H3,(H,29,31)(H,27,28,30)/t10-/m0/s1. The molecule has 3 aromatic rings. The van der Waals surface area contributed by atoms with E-state index in [2.05, 4.69) is 51.6 Å². The van der Waals surface area contributed by atoms with Gasteiger partial charge in [-0.2, -0.15) is 13.2 Å². The number of piperidine rings is 1. The number of rotatable bonds is 4. The third-order valence-corrected chi connectivity index (χ3v) is 6.02. The number of hydrogen-bond acceptors (Lipinski definition) is 6. The van der Waals surface area contributed by atoms with E-state index in [4.69, 9.17) is 0 Å². The maximum atomic E-state index is 13.8. The Morgan fingerprint density at radius 1 is 1.34 bits per heavy atom. The molecule has 0 aliphatic carbocycles. The van der Waals surface area contributed by atoms with E-state index in [0.29, 0.717) is 27.6 Å². The Morgan fingerprint density at radius 3 is 2.84 bits per heavy atom. The molecule has 0 unspecified atom stereocenters. The molecular formula is C20H20BrF3N6O2. The van der Waals surface area contributed by atoms with Crippen LogP contribution in [0.15, 0.2) is 29.0 Å². The fourth-order valence-electron chi connectivity index (χ4n) is 3.64. The number of aromatic amines is 1. The molecule has 1 atom stereocenters. The van der Waals surface area contributed by atoms with Gasteiger partial charge in [-0.25, -0.2) is 14.8 Å². The van der Waals surface area contributed by atoms with Crippen LogP contribution in [0.3, 0.4) is 0 Å². The number of benzene rings is 1. The van der Waals surface area contributed by atoms with E-state index in [1.807, 2.05) is 0 Å². The fraction of sp³-hybridized carbons (Fsp3) is 0.350. The molecule has 1 aliphatic rings. The zero-order valence-electron chi connectivity index (χ0n) is 16.9. The van der Waals surface area contributed by atoms with Crippen LogP contribution >= 0.6 is 15.9 Å². The van der Waals surface area contributed by atoms with E-state index >= 15 is 0 Å². The normalized spacial score (nSPS) is 16.7. The van der Waals surface area contributed by atoms with Crippen molar-refractivity contribution in [2.75, 3.05) is 30.8 Å². The monoisotopic (exact) mass is 512 g/mol. The summed E-state index contributed by atoms with van der Waals surface area (Å²) in [5.41, 5.74) is 0.0179. The second-order valence-corrected chi connectivity index (χ2v) is 8.10. The molecule has 0 radical (unpaired) electrons. The van der Waals surface area contributed by atoms with Crippen LogP contribution < -0.4 is 16.0 Å². The lowest BCUT2D eigenvalue weighted by atomic mass is 10.1. The molecule has 1 aliphatic heterocycles. The number of ether oxygens (including phenoxy) is 1. The number of fused-ring (bicyclic) bond motifs is 1. The van der Waals surface area contributed by atoms with E-state index in [-0.39, 0.29) is 23.2 Å². The lowest BCUT2D eigenvalue weighted by Gasteiger charge is -2.24. The van der Waals surface area contributed by atoms with Gasteiger partial charge < -0.3 is 20.4 Å². The minimum atomic E-state index is -4.63. The number of H-pyrrole nitrogens is 1. The number of carbonyl (C=O) groups excluding carboxylic acids is 1. The van der Waals surface area contributed by atoms with Crippen LogP contribution in [0.4, 0.5) is 29.6 Å². The largest absolute Gasteiger partial charge is 0.453 e. The molecule has 0 saturated carbocycles. The summed E-state index contributed by atoms with van der Waals surface area (Å²) in [5, 5.41) is 9.41. The summed E-state index contributed by atoms with van der Waals surface area (Å²) < 4.78 is 46.4. The minimum absolute atomic E-state index is 0.0393. The Balaban J connectivity index is 1.77. The van der Waals surface area contributed by atoms with Crippen molar-refractivity contribution >= 4 is 44.6 Å². The van der Waals surface area contributed by atoms with Gasteiger partial charge in [0.15, 0.2) is 0 Å².